The van der Waals surface area contributed by atoms with E-state index in [1.165, 1.54) is 11.3 Å². The quantitative estimate of drug-likeness (QED) is 0.500. The first-order chi connectivity index (χ1) is 16.4. The average Bonchev–Trinajstić information content (AvgIpc) is 3.05. The van der Waals surface area contributed by atoms with Crippen LogP contribution in [0.25, 0.3) is 10.6 Å². The fraction of sp³-hybridized carbons (Fsp3) is 0.320. The highest BCUT2D eigenvalue weighted by molar-refractivity contribution is 7.17. The number of anilines is 1. The average molecular weight is 499 g/mol. The normalized spacial score (nSPS) is 14.0. The summed E-state index contributed by atoms with van der Waals surface area (Å²) >= 11 is 7.31. The summed E-state index contributed by atoms with van der Waals surface area (Å²) in [6.07, 6.45) is 0.712. The summed E-state index contributed by atoms with van der Waals surface area (Å²) in [5, 5.41) is 4.32. The molecule has 7 nitrogen and oxygen atoms in total. The second-order valence-electron chi connectivity index (χ2n) is 7.96. The molecule has 1 aromatic heterocycles. The number of hydrogen-bond acceptors (Lipinski definition) is 5. The van der Waals surface area contributed by atoms with E-state index in [4.69, 9.17) is 16.3 Å². The Morgan fingerprint density at radius 1 is 1.03 bits per heavy atom. The largest absolute Gasteiger partial charge is 0.494 e. The molecule has 1 N–H and O–H groups in total. The number of carbonyl (C=O) groups is 2. The Bertz CT molecular complexity index is 1150. The number of aromatic nitrogens is 1. The lowest BCUT2D eigenvalue weighted by molar-refractivity contribution is 0.0766. The van der Waals surface area contributed by atoms with Crippen LogP contribution in [0.4, 0.5) is 10.5 Å². The van der Waals surface area contributed by atoms with Gasteiger partial charge < -0.3 is 19.9 Å². The van der Waals surface area contributed by atoms with Crippen molar-refractivity contribution < 1.29 is 14.3 Å². The number of urea groups is 1. The van der Waals surface area contributed by atoms with Crippen molar-refractivity contribution in [2.24, 2.45) is 0 Å². The topological polar surface area (TPSA) is 74.8 Å². The summed E-state index contributed by atoms with van der Waals surface area (Å²) in [4.78, 5) is 34.8. The van der Waals surface area contributed by atoms with E-state index in [-0.39, 0.29) is 11.9 Å². The number of rotatable bonds is 5. The van der Waals surface area contributed by atoms with E-state index in [2.05, 4.69) is 10.3 Å². The van der Waals surface area contributed by atoms with Crippen molar-refractivity contribution >= 4 is 40.6 Å². The van der Waals surface area contributed by atoms with Crippen molar-refractivity contribution in [2.45, 2.75) is 20.3 Å². The number of ether oxygens (including phenoxy) is 1. The number of nitrogens with one attached hydrogen (secondary N) is 1. The van der Waals surface area contributed by atoms with Gasteiger partial charge in [0.15, 0.2) is 0 Å². The van der Waals surface area contributed by atoms with Gasteiger partial charge in [-0.15, -0.1) is 11.3 Å². The second kappa shape index (κ2) is 10.9. The lowest BCUT2D eigenvalue weighted by Gasteiger charge is -2.22. The molecule has 0 spiro atoms. The number of aryl methyl sites for hydroxylation is 1. The summed E-state index contributed by atoms with van der Waals surface area (Å²) < 4.78 is 5.50. The number of hydrogen-bond donors (Lipinski definition) is 1. The van der Waals surface area contributed by atoms with Crippen molar-refractivity contribution in [3.8, 4) is 16.3 Å². The van der Waals surface area contributed by atoms with Crippen LogP contribution in [0.1, 0.15) is 28.7 Å². The maximum absolute atomic E-state index is 13.3. The van der Waals surface area contributed by atoms with Crippen LogP contribution in [-0.4, -0.2) is 59.5 Å². The molecule has 0 bridgehead atoms. The molecule has 178 valence electrons. The zero-order valence-electron chi connectivity index (χ0n) is 19.2. The number of carbonyl (C=O) groups excluding carboxylic acids is 2. The van der Waals surface area contributed by atoms with Crippen molar-refractivity contribution in [3.05, 3.63) is 64.1 Å². The highest BCUT2D eigenvalue weighted by Crippen LogP contribution is 2.30. The van der Waals surface area contributed by atoms with Crippen LogP contribution < -0.4 is 10.1 Å². The predicted molar refractivity (Wildman–Crippen MR) is 136 cm³/mol. The van der Waals surface area contributed by atoms with E-state index in [0.717, 1.165) is 22.0 Å². The first-order valence-corrected chi connectivity index (χ1v) is 12.5. The summed E-state index contributed by atoms with van der Waals surface area (Å²) in [5.41, 5.74) is 2.37. The Labute approximate surface area is 208 Å². The van der Waals surface area contributed by atoms with Gasteiger partial charge in [0, 0.05) is 42.5 Å². The second-order valence-corrected chi connectivity index (χ2v) is 9.40. The molecular formula is C25H27ClN4O3S. The highest BCUT2D eigenvalue weighted by Gasteiger charge is 2.26. The third-order valence-electron chi connectivity index (χ3n) is 5.57. The van der Waals surface area contributed by atoms with Gasteiger partial charge in [-0.1, -0.05) is 11.6 Å². The van der Waals surface area contributed by atoms with Crippen LogP contribution in [0, 0.1) is 6.92 Å². The molecule has 0 unspecified atom stereocenters. The van der Waals surface area contributed by atoms with Crippen LogP contribution in [0.5, 0.6) is 5.75 Å². The van der Waals surface area contributed by atoms with Crippen LogP contribution >= 0.6 is 22.9 Å². The number of halogens is 1. The van der Waals surface area contributed by atoms with Gasteiger partial charge in [0.1, 0.15) is 15.6 Å². The molecule has 9 heteroatoms. The number of thiazole rings is 1. The smallest absolute Gasteiger partial charge is 0.321 e. The molecule has 0 radical (unpaired) electrons. The summed E-state index contributed by atoms with van der Waals surface area (Å²) in [6, 6.07) is 14.6. The van der Waals surface area contributed by atoms with E-state index < -0.39 is 0 Å². The zero-order chi connectivity index (χ0) is 24.1. The summed E-state index contributed by atoms with van der Waals surface area (Å²) in [5.74, 6) is 0.775. The third-order valence-corrected chi connectivity index (χ3v) is 7.02. The number of benzene rings is 2. The highest BCUT2D eigenvalue weighted by atomic mass is 35.5. The van der Waals surface area contributed by atoms with Gasteiger partial charge in [-0.25, -0.2) is 9.78 Å². The lowest BCUT2D eigenvalue weighted by atomic mass is 10.2. The van der Waals surface area contributed by atoms with Gasteiger partial charge in [-0.2, -0.15) is 0 Å². The Morgan fingerprint density at radius 2 is 1.71 bits per heavy atom. The van der Waals surface area contributed by atoms with Crippen LogP contribution in [-0.2, 0) is 0 Å². The molecule has 1 aliphatic heterocycles. The maximum atomic E-state index is 13.3. The minimum atomic E-state index is -0.177. The molecule has 0 aliphatic carbocycles. The first kappa shape index (κ1) is 24.0. The zero-order valence-corrected chi connectivity index (χ0v) is 20.8. The number of nitrogens with zero attached hydrogens (tertiary/aromatic N) is 3. The molecule has 3 amide bonds. The van der Waals surface area contributed by atoms with Crippen LogP contribution in [0.3, 0.4) is 0 Å². The van der Waals surface area contributed by atoms with Gasteiger partial charge in [0.2, 0.25) is 0 Å². The minimum Gasteiger partial charge on any atom is -0.494 e. The third kappa shape index (κ3) is 5.69. The molecule has 1 fully saturated rings. The van der Waals surface area contributed by atoms with E-state index in [9.17, 15) is 9.59 Å². The maximum Gasteiger partial charge on any atom is 0.321 e. The molecule has 0 saturated carbocycles. The van der Waals surface area contributed by atoms with Gasteiger partial charge in [0.25, 0.3) is 5.91 Å². The molecular weight excluding hydrogens is 472 g/mol. The van der Waals surface area contributed by atoms with Crippen molar-refractivity contribution in [1.29, 1.82) is 0 Å². The molecule has 1 aliphatic rings. The fourth-order valence-electron chi connectivity index (χ4n) is 3.78. The molecule has 1 saturated heterocycles. The van der Waals surface area contributed by atoms with Crippen LogP contribution in [0.15, 0.2) is 48.5 Å². The lowest BCUT2D eigenvalue weighted by Crippen LogP contribution is -2.39. The minimum absolute atomic E-state index is 0.0351. The molecule has 34 heavy (non-hydrogen) atoms. The summed E-state index contributed by atoms with van der Waals surface area (Å²) in [6.45, 7) is 6.55. The van der Waals surface area contributed by atoms with E-state index >= 15 is 0 Å². The predicted octanol–water partition coefficient (Wildman–Crippen LogP) is 5.55. The molecule has 4 rings (SSSR count). The number of amides is 3. The molecule has 2 aromatic carbocycles. The van der Waals surface area contributed by atoms with E-state index in [1.54, 1.807) is 29.2 Å². The van der Waals surface area contributed by atoms with Crippen molar-refractivity contribution in [1.82, 2.24) is 14.8 Å². The molecule has 3 aromatic rings. The Kier molecular flexibility index (Phi) is 7.70. The Balaban J connectivity index is 1.39. The van der Waals surface area contributed by atoms with Crippen molar-refractivity contribution in [2.75, 3.05) is 38.1 Å². The van der Waals surface area contributed by atoms with E-state index in [1.807, 2.05) is 43.0 Å². The molecule has 2 heterocycles. The van der Waals surface area contributed by atoms with Gasteiger partial charge >= 0.3 is 6.03 Å². The monoisotopic (exact) mass is 498 g/mol. The standard InChI is InChI=1S/C25H27ClN4O3S/c1-3-33-21-11-5-18(6-12-21)23-27-17(2)22(34-23)24(31)29-13-4-14-30(16-15-29)25(32)28-20-9-7-19(26)8-10-20/h5-12H,3-4,13-16H2,1-2H3,(H,28,32). The molecule has 0 atom stereocenters. The van der Waals surface area contributed by atoms with Gasteiger partial charge in [-0.05, 0) is 68.8 Å². The Morgan fingerprint density at radius 3 is 2.41 bits per heavy atom. The van der Waals surface area contributed by atoms with Crippen LogP contribution in [0.2, 0.25) is 5.02 Å². The fourth-order valence-corrected chi connectivity index (χ4v) is 4.95. The SMILES string of the molecule is CCOc1ccc(-c2nc(C)c(C(=O)N3CCCN(C(=O)Nc4ccc(Cl)cc4)CC3)s2)cc1. The van der Waals surface area contributed by atoms with Gasteiger partial charge in [-0.3, -0.25) is 4.79 Å². The van der Waals surface area contributed by atoms with E-state index in [0.29, 0.717) is 54.8 Å². The first-order valence-electron chi connectivity index (χ1n) is 11.3. The van der Waals surface area contributed by atoms with Crippen molar-refractivity contribution in [3.63, 3.8) is 0 Å². The Hall–Kier alpha value is -3.10. The van der Waals surface area contributed by atoms with Gasteiger partial charge in [0.05, 0.1) is 12.3 Å². The summed E-state index contributed by atoms with van der Waals surface area (Å²) in [7, 11) is 0.